The van der Waals surface area contributed by atoms with E-state index in [2.05, 4.69) is 29.2 Å². The highest BCUT2D eigenvalue weighted by molar-refractivity contribution is 5.01. The van der Waals surface area contributed by atoms with Crippen molar-refractivity contribution in [3.05, 3.63) is 18.0 Å². The van der Waals surface area contributed by atoms with Crippen LogP contribution in [-0.2, 0) is 6.42 Å². The first kappa shape index (κ1) is 12.6. The molecule has 2 rings (SSSR count). The van der Waals surface area contributed by atoms with Crippen LogP contribution in [0.3, 0.4) is 0 Å². The Balaban J connectivity index is 1.90. The molecule has 0 aliphatic heterocycles. The summed E-state index contributed by atoms with van der Waals surface area (Å²) in [5.41, 5.74) is 1.25. The molecule has 1 aromatic rings. The van der Waals surface area contributed by atoms with Gasteiger partial charge in [0.1, 0.15) is 0 Å². The summed E-state index contributed by atoms with van der Waals surface area (Å²) in [5.74, 6) is 0.662. The third-order valence-electron chi connectivity index (χ3n) is 3.72. The zero-order valence-electron chi connectivity index (χ0n) is 11.2. The molecule has 1 aliphatic carbocycles. The molecule has 0 radical (unpaired) electrons. The fraction of sp³-hybridized carbons (Fsp3) is 0.786. The lowest BCUT2D eigenvalue weighted by Gasteiger charge is -2.21. The Hall–Kier alpha value is -0.830. The maximum atomic E-state index is 4.75. The molecule has 1 atom stereocenters. The largest absolute Gasteiger partial charge is 0.319 e. The fourth-order valence-corrected chi connectivity index (χ4v) is 2.81. The molecule has 0 saturated heterocycles. The first-order chi connectivity index (χ1) is 8.29. The molecular weight excluding hydrogens is 210 g/mol. The van der Waals surface area contributed by atoms with Crippen molar-refractivity contribution in [2.75, 3.05) is 13.6 Å². The Morgan fingerprint density at radius 2 is 2.18 bits per heavy atom. The van der Waals surface area contributed by atoms with E-state index < -0.39 is 0 Å². The zero-order valence-corrected chi connectivity index (χ0v) is 11.2. The Morgan fingerprint density at radius 3 is 2.88 bits per heavy atom. The number of hydrogen-bond acceptors (Lipinski definition) is 2. The Labute approximate surface area is 105 Å². The summed E-state index contributed by atoms with van der Waals surface area (Å²) >= 11 is 0. The summed E-state index contributed by atoms with van der Waals surface area (Å²) in [6.07, 6.45) is 10.0. The van der Waals surface area contributed by atoms with Gasteiger partial charge in [0.05, 0.1) is 11.7 Å². The van der Waals surface area contributed by atoms with Crippen molar-refractivity contribution in [1.29, 1.82) is 0 Å². The van der Waals surface area contributed by atoms with Gasteiger partial charge in [0.2, 0.25) is 0 Å². The normalized spacial score (nSPS) is 19.4. The van der Waals surface area contributed by atoms with Crippen LogP contribution < -0.4 is 5.32 Å². The fourth-order valence-electron chi connectivity index (χ4n) is 2.81. The van der Waals surface area contributed by atoms with Crippen molar-refractivity contribution in [1.82, 2.24) is 15.1 Å². The molecule has 1 aliphatic rings. The van der Waals surface area contributed by atoms with Crippen molar-refractivity contribution in [2.45, 2.75) is 51.5 Å². The van der Waals surface area contributed by atoms with Gasteiger partial charge >= 0.3 is 0 Å². The lowest BCUT2D eigenvalue weighted by Crippen LogP contribution is -2.18. The van der Waals surface area contributed by atoms with E-state index in [4.69, 9.17) is 5.10 Å². The minimum Gasteiger partial charge on any atom is -0.319 e. The first-order valence-corrected chi connectivity index (χ1v) is 6.98. The molecular formula is C14H25N3. The molecule has 1 saturated carbocycles. The number of hydrogen-bond donors (Lipinski definition) is 1. The van der Waals surface area contributed by atoms with Crippen LogP contribution in [-0.4, -0.2) is 23.4 Å². The lowest BCUT2D eigenvalue weighted by molar-refractivity contribution is 0.327. The van der Waals surface area contributed by atoms with E-state index in [1.807, 2.05) is 7.05 Å². The van der Waals surface area contributed by atoms with E-state index in [0.29, 0.717) is 12.0 Å². The quantitative estimate of drug-likeness (QED) is 0.850. The van der Waals surface area contributed by atoms with Gasteiger partial charge < -0.3 is 5.32 Å². The molecule has 17 heavy (non-hydrogen) atoms. The molecule has 96 valence electrons. The summed E-state index contributed by atoms with van der Waals surface area (Å²) in [4.78, 5) is 0. The molecule has 1 N–H and O–H groups in total. The van der Waals surface area contributed by atoms with E-state index in [0.717, 1.165) is 13.0 Å². The van der Waals surface area contributed by atoms with Crippen LogP contribution in [0.5, 0.6) is 0 Å². The van der Waals surface area contributed by atoms with Crippen molar-refractivity contribution < 1.29 is 0 Å². The van der Waals surface area contributed by atoms with Crippen LogP contribution in [0.1, 0.15) is 50.8 Å². The maximum absolute atomic E-state index is 4.75. The van der Waals surface area contributed by atoms with Crippen LogP contribution in [0.15, 0.2) is 12.3 Å². The van der Waals surface area contributed by atoms with Crippen molar-refractivity contribution in [3.63, 3.8) is 0 Å². The van der Waals surface area contributed by atoms with E-state index in [1.54, 1.807) is 0 Å². The second kappa shape index (κ2) is 6.20. The van der Waals surface area contributed by atoms with E-state index in [-0.39, 0.29) is 0 Å². The van der Waals surface area contributed by atoms with Crippen molar-refractivity contribution in [2.24, 2.45) is 5.92 Å². The van der Waals surface area contributed by atoms with Crippen LogP contribution in [0.2, 0.25) is 0 Å². The maximum Gasteiger partial charge on any atom is 0.0627 e. The molecule has 3 heteroatoms. The molecule has 1 aromatic heterocycles. The molecule has 0 bridgehead atoms. The summed E-state index contributed by atoms with van der Waals surface area (Å²) in [6, 6.07) is 2.86. The van der Waals surface area contributed by atoms with Gasteiger partial charge in [0, 0.05) is 6.20 Å². The predicted molar refractivity (Wildman–Crippen MR) is 71.1 cm³/mol. The standard InChI is InChI=1S/C14H25N3/c1-12(11-15-2)10-13-8-9-17(16-13)14-6-4-3-5-7-14/h8-9,12,14-15H,3-7,10-11H2,1-2H3. The average molecular weight is 235 g/mol. The highest BCUT2D eigenvalue weighted by Crippen LogP contribution is 2.27. The van der Waals surface area contributed by atoms with Crippen LogP contribution in [0.25, 0.3) is 0 Å². The van der Waals surface area contributed by atoms with Gasteiger partial charge in [0.25, 0.3) is 0 Å². The SMILES string of the molecule is CNCC(C)Cc1ccn(C2CCCCC2)n1. The summed E-state index contributed by atoms with van der Waals surface area (Å²) < 4.78 is 2.21. The molecule has 3 nitrogen and oxygen atoms in total. The van der Waals surface area contributed by atoms with Gasteiger partial charge in [0.15, 0.2) is 0 Å². The van der Waals surface area contributed by atoms with Gasteiger partial charge in [-0.05, 0) is 44.8 Å². The molecule has 1 fully saturated rings. The van der Waals surface area contributed by atoms with E-state index in [9.17, 15) is 0 Å². The van der Waals surface area contributed by atoms with Gasteiger partial charge in [-0.15, -0.1) is 0 Å². The summed E-state index contributed by atoms with van der Waals surface area (Å²) in [5, 5.41) is 7.97. The molecule has 0 aromatic carbocycles. The second-order valence-electron chi connectivity index (χ2n) is 5.45. The second-order valence-corrected chi connectivity index (χ2v) is 5.45. The highest BCUT2D eigenvalue weighted by Gasteiger charge is 2.16. The topological polar surface area (TPSA) is 29.9 Å². The smallest absolute Gasteiger partial charge is 0.0627 e. The number of nitrogens with one attached hydrogen (secondary N) is 1. The van der Waals surface area contributed by atoms with Crippen molar-refractivity contribution in [3.8, 4) is 0 Å². The van der Waals surface area contributed by atoms with Gasteiger partial charge in [-0.2, -0.15) is 5.10 Å². The minimum absolute atomic E-state index is 0.662. The number of rotatable bonds is 5. The minimum atomic E-state index is 0.662. The van der Waals surface area contributed by atoms with Crippen molar-refractivity contribution >= 4 is 0 Å². The van der Waals surface area contributed by atoms with E-state index in [1.165, 1.54) is 37.8 Å². The van der Waals surface area contributed by atoms with E-state index >= 15 is 0 Å². The van der Waals surface area contributed by atoms with Gasteiger partial charge in [-0.25, -0.2) is 0 Å². The first-order valence-electron chi connectivity index (χ1n) is 6.98. The molecule has 1 heterocycles. The summed E-state index contributed by atoms with van der Waals surface area (Å²) in [7, 11) is 2.01. The summed E-state index contributed by atoms with van der Waals surface area (Å²) in [6.45, 7) is 3.34. The predicted octanol–water partition coefficient (Wildman–Crippen LogP) is 2.79. The Morgan fingerprint density at radius 1 is 1.41 bits per heavy atom. The third kappa shape index (κ3) is 3.56. The average Bonchev–Trinajstić information content (AvgIpc) is 2.79. The zero-order chi connectivity index (χ0) is 12.1. The molecule has 0 amide bonds. The van der Waals surface area contributed by atoms with Crippen LogP contribution in [0.4, 0.5) is 0 Å². The van der Waals surface area contributed by atoms with Gasteiger partial charge in [-0.3, -0.25) is 4.68 Å². The Bertz CT molecular complexity index is 326. The lowest BCUT2D eigenvalue weighted by atomic mass is 9.96. The highest BCUT2D eigenvalue weighted by atomic mass is 15.3. The molecule has 0 spiro atoms. The van der Waals surface area contributed by atoms with Crippen LogP contribution in [0, 0.1) is 5.92 Å². The Kier molecular flexibility index (Phi) is 4.60. The molecule has 1 unspecified atom stereocenters. The number of nitrogens with zero attached hydrogens (tertiary/aromatic N) is 2. The van der Waals surface area contributed by atoms with Crippen LogP contribution >= 0.6 is 0 Å². The number of aromatic nitrogens is 2. The third-order valence-corrected chi connectivity index (χ3v) is 3.72. The monoisotopic (exact) mass is 235 g/mol. The van der Waals surface area contributed by atoms with Gasteiger partial charge in [-0.1, -0.05) is 26.2 Å².